The number of carbonyl (C=O) groups is 1. The van der Waals surface area contributed by atoms with E-state index >= 15 is 0 Å². The molecule has 1 aliphatic rings. The number of aryl methyl sites for hydroxylation is 2. The Morgan fingerprint density at radius 3 is 2.46 bits per heavy atom. The van der Waals surface area contributed by atoms with E-state index in [-0.39, 0.29) is 23.2 Å². The molecule has 3 rings (SSSR count). The summed E-state index contributed by atoms with van der Waals surface area (Å²) in [4.78, 5) is 14.8. The van der Waals surface area contributed by atoms with Gasteiger partial charge in [0.25, 0.3) is 15.9 Å². The summed E-state index contributed by atoms with van der Waals surface area (Å²) in [7, 11) is -3.77. The molecule has 1 saturated heterocycles. The molecule has 2 N–H and O–H groups in total. The van der Waals surface area contributed by atoms with Crippen molar-refractivity contribution in [2.24, 2.45) is 0 Å². The van der Waals surface area contributed by atoms with Crippen molar-refractivity contribution >= 4 is 34.0 Å². The highest BCUT2D eigenvalue weighted by Crippen LogP contribution is 2.21. The zero-order valence-electron chi connectivity index (χ0n) is 16.1. The molecule has 1 amide bonds. The first kappa shape index (κ1) is 22.2. The predicted molar refractivity (Wildman–Crippen MR) is 114 cm³/mol. The second kappa shape index (κ2) is 9.41. The highest BCUT2D eigenvalue weighted by molar-refractivity contribution is 7.92. The van der Waals surface area contributed by atoms with E-state index in [0.29, 0.717) is 24.3 Å². The molecule has 0 atom stereocenters. The van der Waals surface area contributed by atoms with Crippen molar-refractivity contribution in [2.75, 3.05) is 30.9 Å². The minimum Gasteiger partial charge on any atom is -0.337 e. The maximum absolute atomic E-state index is 12.9. The van der Waals surface area contributed by atoms with Crippen molar-refractivity contribution in [3.63, 3.8) is 0 Å². The van der Waals surface area contributed by atoms with Gasteiger partial charge in [0.05, 0.1) is 4.90 Å². The number of nitrogens with zero attached hydrogens (tertiary/aromatic N) is 1. The van der Waals surface area contributed by atoms with Crippen LogP contribution in [0.25, 0.3) is 0 Å². The van der Waals surface area contributed by atoms with E-state index in [1.165, 1.54) is 12.1 Å². The molecule has 0 unspecified atom stereocenters. The topological polar surface area (TPSA) is 78.5 Å². The number of hydrogen-bond donors (Lipinski definition) is 2. The predicted octanol–water partition coefficient (Wildman–Crippen LogP) is 2.96. The van der Waals surface area contributed by atoms with Crippen molar-refractivity contribution in [1.29, 1.82) is 0 Å². The van der Waals surface area contributed by atoms with Crippen LogP contribution in [0.1, 0.15) is 27.9 Å². The van der Waals surface area contributed by atoms with Crippen LogP contribution in [0.2, 0.25) is 0 Å². The van der Waals surface area contributed by atoms with E-state index in [2.05, 4.69) is 10.0 Å². The first-order valence-electron chi connectivity index (χ1n) is 9.07. The number of amides is 1. The minimum atomic E-state index is -3.77. The molecule has 1 aliphatic heterocycles. The van der Waals surface area contributed by atoms with Crippen LogP contribution in [0.3, 0.4) is 0 Å². The van der Waals surface area contributed by atoms with Crippen LogP contribution in [0, 0.1) is 13.8 Å². The number of rotatable bonds is 4. The second-order valence-corrected chi connectivity index (χ2v) is 8.53. The molecular weight excluding hydrogens is 398 g/mol. The Balaban J connectivity index is 0.00000280. The van der Waals surface area contributed by atoms with Crippen molar-refractivity contribution in [3.8, 4) is 0 Å². The van der Waals surface area contributed by atoms with E-state index in [1.807, 2.05) is 26.0 Å². The van der Waals surface area contributed by atoms with Crippen LogP contribution in [0.15, 0.2) is 47.4 Å². The van der Waals surface area contributed by atoms with E-state index in [0.717, 1.165) is 30.6 Å². The molecular formula is C20H26ClN3O3S. The zero-order chi connectivity index (χ0) is 19.4. The van der Waals surface area contributed by atoms with Gasteiger partial charge in [0.1, 0.15) is 0 Å². The van der Waals surface area contributed by atoms with Gasteiger partial charge in [-0.2, -0.15) is 0 Å². The van der Waals surface area contributed by atoms with Crippen molar-refractivity contribution in [3.05, 3.63) is 59.2 Å². The van der Waals surface area contributed by atoms with E-state index < -0.39 is 10.0 Å². The number of halogens is 1. The van der Waals surface area contributed by atoms with Gasteiger partial charge >= 0.3 is 0 Å². The molecule has 0 bridgehead atoms. The molecule has 6 nitrogen and oxygen atoms in total. The number of carbonyl (C=O) groups excluding carboxylic acids is 1. The molecule has 2 aromatic carbocycles. The Hall–Kier alpha value is -2.09. The lowest BCUT2D eigenvalue weighted by molar-refractivity contribution is 0.0765. The molecule has 2 aromatic rings. The summed E-state index contributed by atoms with van der Waals surface area (Å²) in [5, 5.41) is 3.27. The SMILES string of the molecule is Cc1ccc(NS(=O)(=O)c2ccc(C)c(C(=O)N3CCCNCC3)c2)cc1.Cl. The van der Waals surface area contributed by atoms with Gasteiger partial charge in [-0.3, -0.25) is 9.52 Å². The first-order valence-corrected chi connectivity index (χ1v) is 10.6. The number of anilines is 1. The minimum absolute atomic E-state index is 0. The summed E-state index contributed by atoms with van der Waals surface area (Å²) in [5.74, 6) is -0.122. The van der Waals surface area contributed by atoms with Crippen LogP contribution in [-0.4, -0.2) is 45.4 Å². The molecule has 152 valence electrons. The molecule has 0 aromatic heterocycles. The van der Waals surface area contributed by atoms with Crippen LogP contribution < -0.4 is 10.0 Å². The van der Waals surface area contributed by atoms with Crippen LogP contribution >= 0.6 is 12.4 Å². The molecule has 1 fully saturated rings. The third kappa shape index (κ3) is 5.25. The molecule has 0 radical (unpaired) electrons. The highest BCUT2D eigenvalue weighted by atomic mass is 35.5. The smallest absolute Gasteiger partial charge is 0.261 e. The monoisotopic (exact) mass is 423 g/mol. The van der Waals surface area contributed by atoms with E-state index in [1.54, 1.807) is 23.1 Å². The Bertz CT molecular complexity index is 922. The van der Waals surface area contributed by atoms with E-state index in [4.69, 9.17) is 0 Å². The third-order valence-electron chi connectivity index (χ3n) is 4.68. The van der Waals surface area contributed by atoms with Gasteiger partial charge in [0, 0.05) is 30.9 Å². The fourth-order valence-electron chi connectivity index (χ4n) is 3.05. The third-order valence-corrected chi connectivity index (χ3v) is 6.06. The average Bonchev–Trinajstić information content (AvgIpc) is 2.92. The van der Waals surface area contributed by atoms with Crippen molar-refractivity contribution in [1.82, 2.24) is 10.2 Å². The highest BCUT2D eigenvalue weighted by Gasteiger charge is 2.22. The summed E-state index contributed by atoms with van der Waals surface area (Å²) in [6.45, 7) is 6.69. The normalized spacial score (nSPS) is 14.7. The van der Waals surface area contributed by atoms with Crippen molar-refractivity contribution < 1.29 is 13.2 Å². The first-order chi connectivity index (χ1) is 12.9. The lowest BCUT2D eigenvalue weighted by Crippen LogP contribution is -2.34. The summed E-state index contributed by atoms with van der Waals surface area (Å²) in [6, 6.07) is 11.8. The Kier molecular flexibility index (Phi) is 7.46. The fourth-order valence-corrected chi connectivity index (χ4v) is 4.14. The van der Waals surface area contributed by atoms with Gasteiger partial charge in [0.2, 0.25) is 0 Å². The molecule has 8 heteroatoms. The lowest BCUT2D eigenvalue weighted by Gasteiger charge is -2.21. The second-order valence-electron chi connectivity index (χ2n) is 6.84. The molecule has 1 heterocycles. The lowest BCUT2D eigenvalue weighted by atomic mass is 10.1. The molecule has 28 heavy (non-hydrogen) atoms. The molecule has 0 spiro atoms. The average molecular weight is 424 g/mol. The summed E-state index contributed by atoms with van der Waals surface area (Å²) >= 11 is 0. The Morgan fingerprint density at radius 2 is 1.75 bits per heavy atom. The van der Waals surface area contributed by atoms with Crippen LogP contribution in [-0.2, 0) is 10.0 Å². The van der Waals surface area contributed by atoms with Crippen molar-refractivity contribution in [2.45, 2.75) is 25.2 Å². The molecule has 0 saturated carbocycles. The maximum Gasteiger partial charge on any atom is 0.261 e. The van der Waals surface area contributed by atoms with Gasteiger partial charge in [-0.05, 0) is 56.6 Å². The Morgan fingerprint density at radius 1 is 1.04 bits per heavy atom. The summed E-state index contributed by atoms with van der Waals surface area (Å²) < 4.78 is 28.1. The summed E-state index contributed by atoms with van der Waals surface area (Å²) in [6.07, 6.45) is 0.887. The number of nitrogens with one attached hydrogen (secondary N) is 2. The summed E-state index contributed by atoms with van der Waals surface area (Å²) in [5.41, 5.74) is 2.75. The van der Waals surface area contributed by atoms with Gasteiger partial charge in [-0.1, -0.05) is 23.8 Å². The van der Waals surface area contributed by atoms with Gasteiger partial charge in [0.15, 0.2) is 0 Å². The van der Waals surface area contributed by atoms with E-state index in [9.17, 15) is 13.2 Å². The van der Waals surface area contributed by atoms with Gasteiger partial charge < -0.3 is 10.2 Å². The quantitative estimate of drug-likeness (QED) is 0.792. The number of hydrogen-bond acceptors (Lipinski definition) is 4. The zero-order valence-corrected chi connectivity index (χ0v) is 17.7. The molecule has 0 aliphatic carbocycles. The standard InChI is InChI=1S/C20H25N3O3S.ClH/c1-15-4-7-17(8-5-15)22-27(25,26)18-9-6-16(2)19(14-18)20(24)23-12-3-10-21-11-13-23;/h4-9,14,21-22H,3,10-13H2,1-2H3;1H. The Labute approximate surface area is 172 Å². The van der Waals surface area contributed by atoms with Gasteiger partial charge in [-0.25, -0.2) is 8.42 Å². The largest absolute Gasteiger partial charge is 0.337 e. The number of sulfonamides is 1. The fraction of sp³-hybridized carbons (Fsp3) is 0.350. The van der Waals surface area contributed by atoms with Gasteiger partial charge in [-0.15, -0.1) is 12.4 Å². The number of benzene rings is 2. The maximum atomic E-state index is 12.9. The van der Waals surface area contributed by atoms with Crippen LogP contribution in [0.5, 0.6) is 0 Å². The van der Waals surface area contributed by atoms with Crippen LogP contribution in [0.4, 0.5) is 5.69 Å².